The maximum atomic E-state index is 12.4. The molecule has 5 nitrogen and oxygen atoms in total. The molecule has 0 saturated heterocycles. The highest BCUT2D eigenvalue weighted by atomic mass is 16.5. The van der Waals surface area contributed by atoms with E-state index in [-0.39, 0.29) is 5.56 Å². The van der Waals surface area contributed by atoms with Crippen molar-refractivity contribution in [1.82, 2.24) is 14.5 Å². The molecule has 5 heteroatoms. The summed E-state index contributed by atoms with van der Waals surface area (Å²) in [7, 11) is 0. The summed E-state index contributed by atoms with van der Waals surface area (Å²) in [5.74, 6) is 0.971. The maximum absolute atomic E-state index is 12.4. The standard InChI is InChI=1S/C25H27N3O2/c1-2-3-9-23-27-22-14-15-26-25(29)24(22)28(23)16-19-10-12-21(13-11-19)18-30-17-20-7-5-4-6-8-20/h4-8,10-15H,2-3,9,16-18H2,1H3,(H,26,29). The van der Waals surface area contributed by atoms with Gasteiger partial charge in [-0.1, -0.05) is 67.9 Å². The minimum atomic E-state index is -0.0892. The lowest BCUT2D eigenvalue weighted by atomic mass is 10.1. The summed E-state index contributed by atoms with van der Waals surface area (Å²) < 4.78 is 7.89. The number of benzene rings is 2. The number of ether oxygens (including phenoxy) is 1. The number of fused-ring (bicyclic) bond motifs is 1. The predicted molar refractivity (Wildman–Crippen MR) is 119 cm³/mol. The van der Waals surface area contributed by atoms with Gasteiger partial charge in [-0.15, -0.1) is 0 Å². The van der Waals surface area contributed by atoms with E-state index in [4.69, 9.17) is 9.72 Å². The van der Waals surface area contributed by atoms with Crippen molar-refractivity contribution in [3.8, 4) is 0 Å². The Hall–Kier alpha value is -3.18. The highest BCUT2D eigenvalue weighted by molar-refractivity contribution is 5.74. The molecular weight excluding hydrogens is 374 g/mol. The van der Waals surface area contributed by atoms with E-state index >= 15 is 0 Å². The molecule has 2 aromatic carbocycles. The van der Waals surface area contributed by atoms with Crippen LogP contribution in [0.15, 0.2) is 71.7 Å². The summed E-state index contributed by atoms with van der Waals surface area (Å²) in [5, 5.41) is 0. The van der Waals surface area contributed by atoms with Crippen molar-refractivity contribution in [3.05, 3.63) is 99.7 Å². The zero-order valence-electron chi connectivity index (χ0n) is 17.3. The number of pyridine rings is 1. The van der Waals surface area contributed by atoms with E-state index in [1.54, 1.807) is 6.20 Å². The molecule has 0 bridgehead atoms. The largest absolute Gasteiger partial charge is 0.372 e. The lowest BCUT2D eigenvalue weighted by Gasteiger charge is -2.10. The molecular formula is C25H27N3O2. The predicted octanol–water partition coefficient (Wildman–Crippen LogP) is 4.83. The van der Waals surface area contributed by atoms with Gasteiger partial charge in [-0.3, -0.25) is 4.79 Å². The number of aryl methyl sites for hydroxylation is 1. The molecule has 4 rings (SSSR count). The number of hydrogen-bond donors (Lipinski definition) is 1. The number of H-pyrrole nitrogens is 1. The van der Waals surface area contributed by atoms with Gasteiger partial charge in [-0.25, -0.2) is 4.98 Å². The molecule has 0 aliphatic carbocycles. The van der Waals surface area contributed by atoms with E-state index < -0.39 is 0 Å². The average Bonchev–Trinajstić information content (AvgIpc) is 3.12. The van der Waals surface area contributed by atoms with Crippen molar-refractivity contribution >= 4 is 11.0 Å². The molecule has 0 saturated carbocycles. The van der Waals surface area contributed by atoms with Crippen LogP contribution < -0.4 is 5.56 Å². The monoisotopic (exact) mass is 401 g/mol. The van der Waals surface area contributed by atoms with E-state index in [9.17, 15) is 4.79 Å². The van der Waals surface area contributed by atoms with Crippen molar-refractivity contribution in [2.75, 3.05) is 0 Å². The van der Waals surface area contributed by atoms with Crippen LogP contribution in [-0.4, -0.2) is 14.5 Å². The highest BCUT2D eigenvalue weighted by Crippen LogP contribution is 2.17. The van der Waals surface area contributed by atoms with Crippen molar-refractivity contribution in [3.63, 3.8) is 0 Å². The molecule has 0 amide bonds. The topological polar surface area (TPSA) is 59.9 Å². The van der Waals surface area contributed by atoms with Crippen LogP contribution in [0.1, 0.15) is 42.3 Å². The summed E-state index contributed by atoms with van der Waals surface area (Å²) in [5.41, 5.74) is 4.77. The van der Waals surface area contributed by atoms with Gasteiger partial charge in [0.1, 0.15) is 11.3 Å². The molecule has 154 valence electrons. The number of imidazole rings is 1. The fourth-order valence-corrected chi connectivity index (χ4v) is 3.62. The molecule has 4 aromatic rings. The molecule has 0 aliphatic rings. The number of hydrogen-bond acceptors (Lipinski definition) is 3. The van der Waals surface area contributed by atoms with Gasteiger partial charge >= 0.3 is 0 Å². The molecule has 30 heavy (non-hydrogen) atoms. The normalized spacial score (nSPS) is 11.2. The Balaban J connectivity index is 1.47. The number of rotatable bonds is 9. The Morgan fingerprint density at radius 2 is 1.63 bits per heavy atom. The number of aromatic nitrogens is 3. The highest BCUT2D eigenvalue weighted by Gasteiger charge is 2.13. The van der Waals surface area contributed by atoms with Crippen LogP contribution in [-0.2, 0) is 30.9 Å². The van der Waals surface area contributed by atoms with Crippen LogP contribution in [0.5, 0.6) is 0 Å². The molecule has 0 spiro atoms. The van der Waals surface area contributed by atoms with E-state index in [1.165, 1.54) is 5.56 Å². The maximum Gasteiger partial charge on any atom is 0.274 e. The summed E-state index contributed by atoms with van der Waals surface area (Å²) in [6.07, 6.45) is 4.68. The fourth-order valence-electron chi connectivity index (χ4n) is 3.62. The first kappa shape index (κ1) is 20.1. The first-order valence-electron chi connectivity index (χ1n) is 10.5. The lowest BCUT2D eigenvalue weighted by molar-refractivity contribution is 0.107. The Morgan fingerprint density at radius 3 is 2.37 bits per heavy atom. The average molecular weight is 402 g/mol. The van der Waals surface area contributed by atoms with Gasteiger partial charge < -0.3 is 14.3 Å². The van der Waals surface area contributed by atoms with Gasteiger partial charge in [0.2, 0.25) is 0 Å². The summed E-state index contributed by atoms with van der Waals surface area (Å²) in [6.45, 7) is 3.98. The van der Waals surface area contributed by atoms with Crippen LogP contribution >= 0.6 is 0 Å². The molecule has 0 radical (unpaired) electrons. The summed E-state index contributed by atoms with van der Waals surface area (Å²) in [6, 6.07) is 20.4. The second kappa shape index (κ2) is 9.55. The Morgan fingerprint density at radius 1 is 0.933 bits per heavy atom. The summed E-state index contributed by atoms with van der Waals surface area (Å²) in [4.78, 5) is 19.9. The SMILES string of the molecule is CCCCc1nc2cc[nH]c(=O)c2n1Cc1ccc(COCc2ccccc2)cc1. The van der Waals surface area contributed by atoms with Gasteiger partial charge in [0.15, 0.2) is 0 Å². The van der Waals surface area contributed by atoms with Gasteiger partial charge in [0.25, 0.3) is 5.56 Å². The van der Waals surface area contributed by atoms with Gasteiger partial charge in [0, 0.05) is 19.2 Å². The van der Waals surface area contributed by atoms with Gasteiger partial charge in [0.05, 0.1) is 18.7 Å². The van der Waals surface area contributed by atoms with E-state index in [0.29, 0.717) is 25.3 Å². The minimum absolute atomic E-state index is 0.0892. The molecule has 0 fully saturated rings. The minimum Gasteiger partial charge on any atom is -0.372 e. The lowest BCUT2D eigenvalue weighted by Crippen LogP contribution is -2.13. The number of nitrogens with zero attached hydrogens (tertiary/aromatic N) is 2. The molecule has 2 heterocycles. The molecule has 0 unspecified atom stereocenters. The first-order chi connectivity index (χ1) is 14.7. The summed E-state index contributed by atoms with van der Waals surface area (Å²) >= 11 is 0. The Bertz CT molecular complexity index is 1140. The molecule has 1 N–H and O–H groups in total. The van der Waals surface area contributed by atoms with E-state index in [1.807, 2.05) is 24.3 Å². The zero-order chi connectivity index (χ0) is 20.8. The van der Waals surface area contributed by atoms with Crippen LogP contribution in [0.2, 0.25) is 0 Å². The first-order valence-corrected chi connectivity index (χ1v) is 10.5. The fraction of sp³-hybridized carbons (Fsp3) is 0.280. The van der Waals surface area contributed by atoms with E-state index in [2.05, 4.69) is 52.9 Å². The Kier molecular flexibility index (Phi) is 6.40. The molecule has 0 atom stereocenters. The number of unbranched alkanes of at least 4 members (excludes halogenated alkanes) is 1. The van der Waals surface area contributed by atoms with Crippen molar-refractivity contribution < 1.29 is 4.74 Å². The number of aromatic amines is 1. The smallest absolute Gasteiger partial charge is 0.274 e. The zero-order valence-corrected chi connectivity index (χ0v) is 17.3. The van der Waals surface area contributed by atoms with Gasteiger partial charge in [-0.2, -0.15) is 0 Å². The van der Waals surface area contributed by atoms with Crippen molar-refractivity contribution in [2.45, 2.75) is 45.9 Å². The van der Waals surface area contributed by atoms with Gasteiger partial charge in [-0.05, 0) is 29.2 Å². The molecule has 0 aliphatic heterocycles. The quantitative estimate of drug-likeness (QED) is 0.437. The second-order valence-electron chi connectivity index (χ2n) is 7.55. The number of nitrogens with one attached hydrogen (secondary N) is 1. The van der Waals surface area contributed by atoms with Crippen molar-refractivity contribution in [1.29, 1.82) is 0 Å². The third-order valence-corrected chi connectivity index (χ3v) is 5.24. The Labute approximate surface area is 176 Å². The third kappa shape index (κ3) is 4.69. The second-order valence-corrected chi connectivity index (χ2v) is 7.55. The van der Waals surface area contributed by atoms with Crippen LogP contribution in [0.25, 0.3) is 11.0 Å². The van der Waals surface area contributed by atoms with Crippen LogP contribution in [0.4, 0.5) is 0 Å². The van der Waals surface area contributed by atoms with Crippen LogP contribution in [0.3, 0.4) is 0 Å². The third-order valence-electron chi connectivity index (χ3n) is 5.24. The van der Waals surface area contributed by atoms with Crippen LogP contribution in [0, 0.1) is 0 Å². The van der Waals surface area contributed by atoms with E-state index in [0.717, 1.165) is 41.7 Å². The van der Waals surface area contributed by atoms with Crippen molar-refractivity contribution in [2.24, 2.45) is 0 Å². The molecule has 2 aromatic heterocycles.